The van der Waals surface area contributed by atoms with Crippen molar-refractivity contribution in [3.8, 4) is 5.69 Å². The van der Waals surface area contributed by atoms with Crippen LogP contribution in [-0.4, -0.2) is 15.0 Å². The van der Waals surface area contributed by atoms with Gasteiger partial charge in [-0.1, -0.05) is 54.1 Å². The SMILES string of the molecule is Cc1ccc2c(c1)c(=O)n(-c1cccc(C)c1C)c(=O)n2CC(=O)N[C@@H](C)c1ccccc1. The maximum atomic E-state index is 13.6. The van der Waals surface area contributed by atoms with Crippen LogP contribution in [0.25, 0.3) is 16.6 Å². The second-order valence-corrected chi connectivity index (χ2v) is 8.45. The molecule has 0 radical (unpaired) electrons. The van der Waals surface area contributed by atoms with Crippen molar-refractivity contribution in [3.63, 3.8) is 0 Å². The summed E-state index contributed by atoms with van der Waals surface area (Å²) < 4.78 is 2.56. The standard InChI is InChI=1S/C27H27N3O3/c1-17-13-14-24-22(15-17)26(32)30(23-12-8-9-18(2)19(23)3)27(33)29(24)16-25(31)28-20(4)21-10-6-5-7-11-21/h5-15,20H,16H2,1-4H3,(H,28,31)/t20-/m0/s1. The summed E-state index contributed by atoms with van der Waals surface area (Å²) in [5.41, 5.74) is 3.74. The number of fused-ring (bicyclic) bond motifs is 1. The Morgan fingerprint density at radius 2 is 1.67 bits per heavy atom. The number of hydrogen-bond donors (Lipinski definition) is 1. The van der Waals surface area contributed by atoms with Crippen LogP contribution >= 0.6 is 0 Å². The molecule has 0 aliphatic rings. The van der Waals surface area contributed by atoms with Crippen LogP contribution in [0.15, 0.2) is 76.3 Å². The molecule has 0 aliphatic heterocycles. The Labute approximate surface area is 192 Å². The van der Waals surface area contributed by atoms with Gasteiger partial charge in [-0.3, -0.25) is 14.2 Å². The lowest BCUT2D eigenvalue weighted by molar-refractivity contribution is -0.122. The Bertz CT molecular complexity index is 1470. The number of nitrogens with one attached hydrogen (secondary N) is 1. The van der Waals surface area contributed by atoms with Gasteiger partial charge in [0.25, 0.3) is 5.56 Å². The molecule has 168 valence electrons. The minimum absolute atomic E-state index is 0.194. The lowest BCUT2D eigenvalue weighted by atomic mass is 10.1. The summed E-state index contributed by atoms with van der Waals surface area (Å²) in [5.74, 6) is -0.304. The maximum absolute atomic E-state index is 13.6. The molecular weight excluding hydrogens is 414 g/mol. The van der Waals surface area contributed by atoms with Gasteiger partial charge < -0.3 is 5.32 Å². The molecule has 0 saturated carbocycles. The number of carbonyl (C=O) groups excluding carboxylic acids is 1. The molecule has 0 saturated heterocycles. The summed E-state index contributed by atoms with van der Waals surface area (Å²) >= 11 is 0. The molecule has 4 aromatic rings. The fourth-order valence-electron chi connectivity index (χ4n) is 4.09. The third-order valence-electron chi connectivity index (χ3n) is 6.09. The van der Waals surface area contributed by atoms with Gasteiger partial charge in [0.15, 0.2) is 0 Å². The van der Waals surface area contributed by atoms with Gasteiger partial charge >= 0.3 is 5.69 Å². The summed E-state index contributed by atoms with van der Waals surface area (Å²) in [5, 5.41) is 3.36. The molecule has 33 heavy (non-hydrogen) atoms. The first kappa shape index (κ1) is 22.3. The summed E-state index contributed by atoms with van der Waals surface area (Å²) in [4.78, 5) is 40.0. The van der Waals surface area contributed by atoms with Gasteiger partial charge in [0.2, 0.25) is 5.91 Å². The highest BCUT2D eigenvalue weighted by molar-refractivity contribution is 5.82. The summed E-state index contributed by atoms with van der Waals surface area (Å²) in [6.45, 7) is 7.42. The van der Waals surface area contributed by atoms with E-state index in [1.165, 1.54) is 9.13 Å². The van der Waals surface area contributed by atoms with E-state index in [0.717, 1.165) is 22.3 Å². The van der Waals surface area contributed by atoms with Crippen molar-refractivity contribution in [3.05, 3.63) is 110 Å². The highest BCUT2D eigenvalue weighted by Gasteiger charge is 2.19. The highest BCUT2D eigenvalue weighted by Crippen LogP contribution is 2.17. The normalized spacial score (nSPS) is 12.0. The van der Waals surface area contributed by atoms with E-state index in [0.29, 0.717) is 16.6 Å². The molecule has 0 spiro atoms. The number of amides is 1. The number of carbonyl (C=O) groups is 1. The van der Waals surface area contributed by atoms with E-state index in [4.69, 9.17) is 0 Å². The Morgan fingerprint density at radius 3 is 2.39 bits per heavy atom. The van der Waals surface area contributed by atoms with Crippen molar-refractivity contribution in [2.24, 2.45) is 0 Å². The minimum atomic E-state index is -0.535. The molecule has 1 heterocycles. The number of aryl methyl sites for hydroxylation is 2. The molecule has 6 nitrogen and oxygen atoms in total. The van der Waals surface area contributed by atoms with Crippen LogP contribution in [0.4, 0.5) is 0 Å². The molecule has 0 aliphatic carbocycles. The number of aromatic nitrogens is 2. The summed E-state index contributed by atoms with van der Waals surface area (Å²) in [7, 11) is 0. The van der Waals surface area contributed by atoms with Crippen molar-refractivity contribution in [1.29, 1.82) is 0 Å². The first-order valence-corrected chi connectivity index (χ1v) is 10.9. The molecule has 0 fully saturated rings. The predicted octanol–water partition coefficient (Wildman–Crippen LogP) is 3.96. The van der Waals surface area contributed by atoms with Crippen LogP contribution in [0.2, 0.25) is 0 Å². The third kappa shape index (κ3) is 4.24. The van der Waals surface area contributed by atoms with Crippen LogP contribution < -0.4 is 16.6 Å². The third-order valence-corrected chi connectivity index (χ3v) is 6.09. The summed E-state index contributed by atoms with van der Waals surface area (Å²) in [6, 6.07) is 20.3. The van der Waals surface area contributed by atoms with Gasteiger partial charge in [0, 0.05) is 0 Å². The Hall–Kier alpha value is -3.93. The Morgan fingerprint density at radius 1 is 0.939 bits per heavy atom. The lowest BCUT2D eigenvalue weighted by Gasteiger charge is -2.18. The first-order chi connectivity index (χ1) is 15.8. The fourth-order valence-corrected chi connectivity index (χ4v) is 4.09. The van der Waals surface area contributed by atoms with Gasteiger partial charge in [0.05, 0.1) is 22.6 Å². The van der Waals surface area contributed by atoms with Crippen molar-refractivity contribution in [2.75, 3.05) is 0 Å². The zero-order valence-electron chi connectivity index (χ0n) is 19.3. The van der Waals surface area contributed by atoms with E-state index in [-0.39, 0.29) is 24.1 Å². The first-order valence-electron chi connectivity index (χ1n) is 10.9. The van der Waals surface area contributed by atoms with Gasteiger partial charge in [-0.25, -0.2) is 9.36 Å². The number of hydrogen-bond acceptors (Lipinski definition) is 3. The van der Waals surface area contributed by atoms with E-state index in [2.05, 4.69) is 5.32 Å². The number of benzene rings is 3. The van der Waals surface area contributed by atoms with Crippen LogP contribution in [0, 0.1) is 20.8 Å². The van der Waals surface area contributed by atoms with Crippen LogP contribution in [-0.2, 0) is 11.3 Å². The number of rotatable bonds is 5. The van der Waals surface area contributed by atoms with Crippen molar-refractivity contribution in [1.82, 2.24) is 14.5 Å². The Kier molecular flexibility index (Phi) is 6.01. The molecule has 1 aromatic heterocycles. The highest BCUT2D eigenvalue weighted by atomic mass is 16.2. The van der Waals surface area contributed by atoms with E-state index in [9.17, 15) is 14.4 Å². The van der Waals surface area contributed by atoms with Crippen molar-refractivity contribution < 1.29 is 4.79 Å². The molecule has 6 heteroatoms. The number of nitrogens with zero attached hydrogens (tertiary/aromatic N) is 2. The van der Waals surface area contributed by atoms with E-state index in [1.54, 1.807) is 18.2 Å². The second kappa shape index (κ2) is 8.90. The van der Waals surface area contributed by atoms with E-state index in [1.807, 2.05) is 76.2 Å². The quantitative estimate of drug-likeness (QED) is 0.510. The lowest BCUT2D eigenvalue weighted by Crippen LogP contribution is -2.42. The topological polar surface area (TPSA) is 73.1 Å². The van der Waals surface area contributed by atoms with Gasteiger partial charge in [-0.2, -0.15) is 0 Å². The molecule has 1 N–H and O–H groups in total. The van der Waals surface area contributed by atoms with E-state index < -0.39 is 5.69 Å². The fraction of sp³-hybridized carbons (Fsp3) is 0.222. The predicted molar refractivity (Wildman–Crippen MR) is 131 cm³/mol. The Balaban J connectivity index is 1.84. The molecule has 4 rings (SSSR count). The molecule has 1 amide bonds. The van der Waals surface area contributed by atoms with E-state index >= 15 is 0 Å². The minimum Gasteiger partial charge on any atom is -0.348 e. The molecule has 3 aromatic carbocycles. The smallest absolute Gasteiger partial charge is 0.336 e. The van der Waals surface area contributed by atoms with Crippen LogP contribution in [0.3, 0.4) is 0 Å². The van der Waals surface area contributed by atoms with Crippen LogP contribution in [0.1, 0.15) is 35.2 Å². The van der Waals surface area contributed by atoms with Gasteiger partial charge in [-0.05, 0) is 62.6 Å². The van der Waals surface area contributed by atoms with Crippen molar-refractivity contribution >= 4 is 16.8 Å². The summed E-state index contributed by atoms with van der Waals surface area (Å²) in [6.07, 6.45) is 0. The van der Waals surface area contributed by atoms with Gasteiger partial charge in [0.1, 0.15) is 6.54 Å². The average Bonchev–Trinajstić information content (AvgIpc) is 2.80. The average molecular weight is 442 g/mol. The molecular formula is C27H27N3O3. The molecule has 0 bridgehead atoms. The zero-order valence-corrected chi connectivity index (χ0v) is 19.3. The largest absolute Gasteiger partial charge is 0.348 e. The van der Waals surface area contributed by atoms with Crippen molar-refractivity contribution in [2.45, 2.75) is 40.3 Å². The monoisotopic (exact) mass is 441 g/mol. The van der Waals surface area contributed by atoms with Gasteiger partial charge in [-0.15, -0.1) is 0 Å². The maximum Gasteiger partial charge on any atom is 0.336 e. The second-order valence-electron chi connectivity index (χ2n) is 8.45. The van der Waals surface area contributed by atoms with Crippen LogP contribution in [0.5, 0.6) is 0 Å². The molecule has 1 atom stereocenters. The molecule has 0 unspecified atom stereocenters. The zero-order chi connectivity index (χ0) is 23.7.